The number of amides is 1. The third-order valence-electron chi connectivity index (χ3n) is 2.29. The second kappa shape index (κ2) is 10.9. The van der Waals surface area contributed by atoms with E-state index in [4.69, 9.17) is 10.5 Å². The van der Waals surface area contributed by atoms with E-state index < -0.39 is 0 Å². The summed E-state index contributed by atoms with van der Waals surface area (Å²) in [5.41, 5.74) is 5.73. The molecule has 0 aliphatic heterocycles. The Morgan fingerprint density at radius 3 is 2.71 bits per heavy atom. The Bertz CT molecular complexity index is 201. The number of thioether (sulfide) groups is 1. The van der Waals surface area contributed by atoms with Crippen LogP contribution in [0.3, 0.4) is 0 Å². The first-order valence-corrected chi connectivity index (χ1v) is 7.61. The summed E-state index contributed by atoms with van der Waals surface area (Å²) in [5, 5.41) is 2.85. The molecular weight excluding hydrogens is 236 g/mol. The zero-order valence-corrected chi connectivity index (χ0v) is 12.0. The third-order valence-corrected chi connectivity index (χ3v) is 2.94. The Morgan fingerprint density at radius 2 is 2.12 bits per heavy atom. The molecule has 0 aromatic rings. The van der Waals surface area contributed by atoms with Crippen LogP contribution < -0.4 is 11.1 Å². The van der Waals surface area contributed by atoms with Crippen LogP contribution in [0.4, 0.5) is 0 Å². The summed E-state index contributed by atoms with van der Waals surface area (Å²) in [6.07, 6.45) is 4.94. The predicted octanol–water partition coefficient (Wildman–Crippen LogP) is 1.39. The highest BCUT2D eigenvalue weighted by molar-refractivity contribution is 7.98. The van der Waals surface area contributed by atoms with Gasteiger partial charge in [-0.15, -0.1) is 0 Å². The lowest BCUT2D eigenvalue weighted by molar-refractivity contribution is -0.122. The molecule has 0 aromatic heterocycles. The molecule has 5 heteroatoms. The van der Waals surface area contributed by atoms with E-state index in [9.17, 15) is 4.79 Å². The molecule has 4 nitrogen and oxygen atoms in total. The first kappa shape index (κ1) is 16.7. The van der Waals surface area contributed by atoms with Crippen LogP contribution in [0.2, 0.25) is 0 Å². The molecule has 0 heterocycles. The molecule has 0 bridgehead atoms. The fourth-order valence-corrected chi connectivity index (χ4v) is 1.75. The molecule has 1 amide bonds. The fourth-order valence-electron chi connectivity index (χ4n) is 1.26. The summed E-state index contributed by atoms with van der Waals surface area (Å²) in [7, 11) is 0. The van der Waals surface area contributed by atoms with Gasteiger partial charge in [0.25, 0.3) is 0 Å². The van der Waals surface area contributed by atoms with Gasteiger partial charge in [0.1, 0.15) is 0 Å². The highest BCUT2D eigenvalue weighted by Gasteiger charge is 2.11. The summed E-state index contributed by atoms with van der Waals surface area (Å²) < 4.78 is 5.41. The van der Waals surface area contributed by atoms with Crippen molar-refractivity contribution in [1.29, 1.82) is 0 Å². The lowest BCUT2D eigenvalue weighted by Gasteiger charge is -2.11. The third kappa shape index (κ3) is 10.6. The number of carbonyl (C=O) groups excluding carboxylic acids is 1. The maximum absolute atomic E-state index is 11.5. The monoisotopic (exact) mass is 262 g/mol. The molecule has 0 fully saturated rings. The predicted molar refractivity (Wildman–Crippen MR) is 74.3 cm³/mol. The SMILES string of the molecule is CSCC[C@@H](N)C(=O)NCCCCOC(C)C. The largest absolute Gasteiger partial charge is 0.379 e. The quantitative estimate of drug-likeness (QED) is 0.584. The molecule has 0 aromatic carbocycles. The van der Waals surface area contributed by atoms with Crippen LogP contribution in [0.1, 0.15) is 33.1 Å². The van der Waals surface area contributed by atoms with Gasteiger partial charge in [-0.25, -0.2) is 0 Å². The number of nitrogens with two attached hydrogens (primary N) is 1. The van der Waals surface area contributed by atoms with Crippen molar-refractivity contribution in [3.05, 3.63) is 0 Å². The van der Waals surface area contributed by atoms with Crippen LogP contribution in [-0.2, 0) is 9.53 Å². The zero-order valence-electron chi connectivity index (χ0n) is 11.2. The van der Waals surface area contributed by atoms with Crippen LogP contribution in [-0.4, -0.2) is 43.2 Å². The van der Waals surface area contributed by atoms with E-state index in [-0.39, 0.29) is 18.1 Å². The lowest BCUT2D eigenvalue weighted by atomic mass is 10.2. The minimum atomic E-state index is -0.366. The number of unbranched alkanes of at least 4 members (excludes halogenated alkanes) is 1. The van der Waals surface area contributed by atoms with E-state index in [1.807, 2.05) is 20.1 Å². The van der Waals surface area contributed by atoms with Crippen molar-refractivity contribution in [2.45, 2.75) is 45.3 Å². The van der Waals surface area contributed by atoms with Gasteiger partial charge in [0.15, 0.2) is 0 Å². The summed E-state index contributed by atoms with van der Waals surface area (Å²) in [4.78, 5) is 11.5. The van der Waals surface area contributed by atoms with Crippen LogP contribution in [0.5, 0.6) is 0 Å². The van der Waals surface area contributed by atoms with E-state index >= 15 is 0 Å². The number of hydrogen-bond acceptors (Lipinski definition) is 4. The van der Waals surface area contributed by atoms with Gasteiger partial charge in [0, 0.05) is 13.2 Å². The summed E-state index contributed by atoms with van der Waals surface area (Å²) in [5.74, 6) is 0.889. The second-order valence-corrected chi connectivity index (χ2v) is 5.29. The highest BCUT2D eigenvalue weighted by Crippen LogP contribution is 1.99. The Kier molecular flexibility index (Phi) is 10.7. The molecule has 3 N–H and O–H groups in total. The van der Waals surface area contributed by atoms with E-state index in [0.29, 0.717) is 6.54 Å². The molecule has 0 aliphatic rings. The topological polar surface area (TPSA) is 64.4 Å². The van der Waals surface area contributed by atoms with Gasteiger partial charge in [0.2, 0.25) is 5.91 Å². The van der Waals surface area contributed by atoms with Gasteiger partial charge in [-0.1, -0.05) is 0 Å². The minimum Gasteiger partial charge on any atom is -0.379 e. The highest BCUT2D eigenvalue weighted by atomic mass is 32.2. The maximum atomic E-state index is 11.5. The molecule has 0 saturated heterocycles. The standard InChI is InChI=1S/C12H26N2O2S/c1-10(2)16-8-5-4-7-14-12(15)11(13)6-9-17-3/h10-11H,4-9,13H2,1-3H3,(H,14,15)/t11-/m1/s1. The molecule has 0 radical (unpaired) electrons. The van der Waals surface area contributed by atoms with Crippen LogP contribution >= 0.6 is 11.8 Å². The number of carbonyl (C=O) groups is 1. The molecule has 0 saturated carbocycles. The average molecular weight is 262 g/mol. The number of hydrogen-bond donors (Lipinski definition) is 2. The van der Waals surface area contributed by atoms with Gasteiger partial charge in [-0.2, -0.15) is 11.8 Å². The van der Waals surface area contributed by atoms with Crippen molar-refractivity contribution >= 4 is 17.7 Å². The van der Waals surface area contributed by atoms with Crippen LogP contribution in [0.15, 0.2) is 0 Å². The van der Waals surface area contributed by atoms with Crippen molar-refractivity contribution in [3.63, 3.8) is 0 Å². The zero-order chi connectivity index (χ0) is 13.1. The van der Waals surface area contributed by atoms with Crippen molar-refractivity contribution < 1.29 is 9.53 Å². The summed E-state index contributed by atoms with van der Waals surface area (Å²) in [6.45, 7) is 5.48. The van der Waals surface area contributed by atoms with Crippen molar-refractivity contribution in [1.82, 2.24) is 5.32 Å². The molecule has 0 unspecified atom stereocenters. The van der Waals surface area contributed by atoms with E-state index in [1.165, 1.54) is 0 Å². The number of ether oxygens (including phenoxy) is 1. The molecule has 0 aliphatic carbocycles. The number of nitrogens with one attached hydrogen (secondary N) is 1. The van der Waals surface area contributed by atoms with E-state index in [2.05, 4.69) is 5.32 Å². The average Bonchev–Trinajstić information content (AvgIpc) is 2.29. The van der Waals surface area contributed by atoms with Crippen molar-refractivity contribution in [2.75, 3.05) is 25.2 Å². The molecule has 1 atom stereocenters. The first-order chi connectivity index (χ1) is 8.07. The Morgan fingerprint density at radius 1 is 1.41 bits per heavy atom. The van der Waals surface area contributed by atoms with Gasteiger partial charge < -0.3 is 15.8 Å². The number of rotatable bonds is 10. The molecule has 102 valence electrons. The van der Waals surface area contributed by atoms with Crippen molar-refractivity contribution in [2.24, 2.45) is 5.73 Å². The Hall–Kier alpha value is -0.260. The Labute approximate surface area is 109 Å². The molecular formula is C12H26N2O2S. The lowest BCUT2D eigenvalue weighted by Crippen LogP contribution is -2.41. The van der Waals surface area contributed by atoms with Crippen LogP contribution in [0, 0.1) is 0 Å². The minimum absolute atomic E-state index is 0.0381. The van der Waals surface area contributed by atoms with Gasteiger partial charge in [0.05, 0.1) is 12.1 Å². The molecule has 17 heavy (non-hydrogen) atoms. The van der Waals surface area contributed by atoms with Gasteiger partial charge >= 0.3 is 0 Å². The molecule has 0 spiro atoms. The smallest absolute Gasteiger partial charge is 0.236 e. The fraction of sp³-hybridized carbons (Fsp3) is 0.917. The molecule has 0 rings (SSSR count). The van der Waals surface area contributed by atoms with Crippen molar-refractivity contribution in [3.8, 4) is 0 Å². The second-order valence-electron chi connectivity index (χ2n) is 4.31. The van der Waals surface area contributed by atoms with Gasteiger partial charge in [-0.05, 0) is 45.1 Å². The maximum Gasteiger partial charge on any atom is 0.236 e. The summed E-state index contributed by atoms with van der Waals surface area (Å²) >= 11 is 1.71. The first-order valence-electron chi connectivity index (χ1n) is 6.21. The normalized spacial score (nSPS) is 12.8. The van der Waals surface area contributed by atoms with Gasteiger partial charge in [-0.3, -0.25) is 4.79 Å². The van der Waals surface area contributed by atoms with E-state index in [0.717, 1.165) is 31.6 Å². The Balaban J connectivity index is 3.38. The van der Waals surface area contributed by atoms with E-state index in [1.54, 1.807) is 11.8 Å². The summed E-state index contributed by atoms with van der Waals surface area (Å²) in [6, 6.07) is -0.366. The van der Waals surface area contributed by atoms with Crippen LogP contribution in [0.25, 0.3) is 0 Å².